The van der Waals surface area contributed by atoms with Crippen LogP contribution in [-0.4, -0.2) is 55.5 Å². The van der Waals surface area contributed by atoms with Crippen LogP contribution in [0.4, 0.5) is 4.79 Å². The molecular weight excluding hydrogens is 244 g/mol. The van der Waals surface area contributed by atoms with E-state index in [1.165, 1.54) is 0 Å². The zero-order chi connectivity index (χ0) is 14.1. The van der Waals surface area contributed by atoms with E-state index in [0.717, 1.165) is 32.7 Å². The van der Waals surface area contributed by atoms with Crippen LogP contribution in [0.5, 0.6) is 0 Å². The van der Waals surface area contributed by atoms with E-state index in [0.29, 0.717) is 6.54 Å². The molecule has 2 heterocycles. The van der Waals surface area contributed by atoms with Crippen molar-refractivity contribution in [2.24, 2.45) is 5.41 Å². The summed E-state index contributed by atoms with van der Waals surface area (Å²) in [5, 5.41) is 3.39. The number of piperazine rings is 1. The molecule has 2 aliphatic heterocycles. The van der Waals surface area contributed by atoms with Gasteiger partial charge in [-0.15, -0.1) is 0 Å². The third-order valence-corrected chi connectivity index (χ3v) is 4.06. The van der Waals surface area contributed by atoms with Gasteiger partial charge in [-0.25, -0.2) is 4.79 Å². The van der Waals surface area contributed by atoms with Crippen LogP contribution in [0.2, 0.25) is 0 Å². The molecule has 2 saturated heterocycles. The lowest BCUT2D eigenvalue weighted by Crippen LogP contribution is -2.66. The number of nitrogens with zero attached hydrogens (tertiary/aromatic N) is 1. The average Bonchev–Trinajstić information content (AvgIpc) is 2.26. The lowest BCUT2D eigenvalue weighted by atomic mass is 9.74. The summed E-state index contributed by atoms with van der Waals surface area (Å²) in [5.74, 6) is 0. The van der Waals surface area contributed by atoms with Gasteiger partial charge in [-0.3, -0.25) is 0 Å². The third-order valence-electron chi connectivity index (χ3n) is 4.06. The molecule has 0 aromatic rings. The van der Waals surface area contributed by atoms with Crippen molar-refractivity contribution in [3.63, 3.8) is 0 Å². The Morgan fingerprint density at radius 3 is 2.63 bits per heavy atom. The Bertz CT molecular complexity index is 329. The van der Waals surface area contributed by atoms with E-state index < -0.39 is 5.60 Å². The van der Waals surface area contributed by atoms with Gasteiger partial charge in [0.25, 0.3) is 0 Å². The van der Waals surface area contributed by atoms with Gasteiger partial charge < -0.3 is 19.7 Å². The predicted molar refractivity (Wildman–Crippen MR) is 73.1 cm³/mol. The minimum Gasteiger partial charge on any atom is -0.444 e. The molecular formula is C14H26N2O3. The number of carbonyl (C=O) groups excluding carboxylic acids is 1. The molecule has 1 atom stereocenters. The summed E-state index contributed by atoms with van der Waals surface area (Å²) >= 11 is 0. The van der Waals surface area contributed by atoms with Gasteiger partial charge in [-0.1, -0.05) is 6.92 Å². The molecule has 110 valence electrons. The standard InChI is InChI=1S/C14H26N2O3/c1-5-14(9-18-10-14)11-8-15-6-7-16(11)12(17)19-13(2,3)4/h11,15H,5-10H2,1-4H3. The number of ether oxygens (including phenoxy) is 2. The summed E-state index contributed by atoms with van der Waals surface area (Å²) in [5.41, 5.74) is -0.341. The van der Waals surface area contributed by atoms with Crippen molar-refractivity contribution in [1.82, 2.24) is 10.2 Å². The monoisotopic (exact) mass is 270 g/mol. The first-order valence-corrected chi connectivity index (χ1v) is 7.16. The Hall–Kier alpha value is -0.810. The van der Waals surface area contributed by atoms with Gasteiger partial charge in [0.05, 0.1) is 19.3 Å². The maximum absolute atomic E-state index is 12.4. The fourth-order valence-corrected chi connectivity index (χ4v) is 2.79. The van der Waals surface area contributed by atoms with Crippen molar-refractivity contribution in [3.05, 3.63) is 0 Å². The molecule has 2 aliphatic rings. The summed E-state index contributed by atoms with van der Waals surface area (Å²) in [7, 11) is 0. The topological polar surface area (TPSA) is 50.8 Å². The number of nitrogens with one attached hydrogen (secondary N) is 1. The van der Waals surface area contributed by atoms with Gasteiger partial charge in [0.2, 0.25) is 0 Å². The molecule has 19 heavy (non-hydrogen) atoms. The first-order valence-electron chi connectivity index (χ1n) is 7.16. The van der Waals surface area contributed by atoms with E-state index >= 15 is 0 Å². The van der Waals surface area contributed by atoms with Crippen LogP contribution in [-0.2, 0) is 9.47 Å². The van der Waals surface area contributed by atoms with Crippen molar-refractivity contribution in [1.29, 1.82) is 0 Å². The van der Waals surface area contributed by atoms with E-state index in [1.807, 2.05) is 25.7 Å². The summed E-state index contributed by atoms with van der Waals surface area (Å²) < 4.78 is 10.9. The molecule has 1 N–H and O–H groups in total. The van der Waals surface area contributed by atoms with Crippen LogP contribution in [0, 0.1) is 5.41 Å². The Morgan fingerprint density at radius 2 is 2.16 bits per heavy atom. The number of hydrogen-bond donors (Lipinski definition) is 1. The highest BCUT2D eigenvalue weighted by atomic mass is 16.6. The van der Waals surface area contributed by atoms with E-state index in [2.05, 4.69) is 12.2 Å². The van der Waals surface area contributed by atoms with Crippen molar-refractivity contribution < 1.29 is 14.3 Å². The zero-order valence-corrected chi connectivity index (χ0v) is 12.5. The van der Waals surface area contributed by atoms with Gasteiger partial charge in [0.1, 0.15) is 5.60 Å². The molecule has 1 unspecified atom stereocenters. The Labute approximate surface area is 115 Å². The first kappa shape index (κ1) is 14.6. The molecule has 0 aromatic heterocycles. The van der Waals surface area contributed by atoms with E-state index in [1.54, 1.807) is 0 Å². The molecule has 0 aliphatic carbocycles. The molecule has 2 fully saturated rings. The van der Waals surface area contributed by atoms with Gasteiger partial charge in [-0.2, -0.15) is 0 Å². The second-order valence-electron chi connectivity index (χ2n) is 6.60. The molecule has 0 radical (unpaired) electrons. The minimum atomic E-state index is -0.442. The van der Waals surface area contributed by atoms with Crippen molar-refractivity contribution in [3.8, 4) is 0 Å². The van der Waals surface area contributed by atoms with Crippen LogP contribution in [0.3, 0.4) is 0 Å². The van der Waals surface area contributed by atoms with Gasteiger partial charge >= 0.3 is 6.09 Å². The largest absolute Gasteiger partial charge is 0.444 e. The number of rotatable bonds is 2. The van der Waals surface area contributed by atoms with Gasteiger partial charge in [0.15, 0.2) is 0 Å². The second kappa shape index (κ2) is 5.29. The highest BCUT2D eigenvalue weighted by Gasteiger charge is 2.49. The molecule has 5 nitrogen and oxygen atoms in total. The maximum Gasteiger partial charge on any atom is 0.410 e. The van der Waals surface area contributed by atoms with Gasteiger partial charge in [-0.05, 0) is 27.2 Å². The number of amides is 1. The molecule has 0 spiro atoms. The molecule has 2 rings (SSSR count). The van der Waals surface area contributed by atoms with E-state index in [-0.39, 0.29) is 17.6 Å². The van der Waals surface area contributed by atoms with E-state index in [9.17, 15) is 4.79 Å². The summed E-state index contributed by atoms with van der Waals surface area (Å²) in [6, 6.07) is 0.176. The summed E-state index contributed by atoms with van der Waals surface area (Å²) in [6.45, 7) is 11.8. The Balaban J connectivity index is 2.10. The van der Waals surface area contributed by atoms with Crippen LogP contribution in [0.25, 0.3) is 0 Å². The third kappa shape index (κ3) is 3.03. The fourth-order valence-electron chi connectivity index (χ4n) is 2.79. The van der Waals surface area contributed by atoms with Crippen molar-refractivity contribution in [2.45, 2.75) is 45.8 Å². The Morgan fingerprint density at radius 1 is 1.47 bits per heavy atom. The molecule has 0 saturated carbocycles. The Kier molecular flexibility index (Phi) is 4.06. The van der Waals surface area contributed by atoms with E-state index in [4.69, 9.17) is 9.47 Å². The molecule has 5 heteroatoms. The lowest BCUT2D eigenvalue weighted by molar-refractivity contribution is -0.157. The van der Waals surface area contributed by atoms with Crippen LogP contribution in [0.15, 0.2) is 0 Å². The normalized spacial score (nSPS) is 26.7. The highest BCUT2D eigenvalue weighted by Crippen LogP contribution is 2.38. The summed E-state index contributed by atoms with van der Waals surface area (Å²) in [6.07, 6.45) is 0.831. The SMILES string of the molecule is CCC1(C2CNCCN2C(=O)OC(C)(C)C)COC1. The smallest absolute Gasteiger partial charge is 0.410 e. The van der Waals surface area contributed by atoms with Crippen LogP contribution >= 0.6 is 0 Å². The van der Waals surface area contributed by atoms with Crippen molar-refractivity contribution in [2.75, 3.05) is 32.8 Å². The molecule has 0 bridgehead atoms. The van der Waals surface area contributed by atoms with Crippen LogP contribution < -0.4 is 5.32 Å². The van der Waals surface area contributed by atoms with Gasteiger partial charge in [0, 0.05) is 25.0 Å². The predicted octanol–water partition coefficient (Wildman–Crippen LogP) is 1.62. The highest BCUT2D eigenvalue weighted by molar-refractivity contribution is 5.69. The van der Waals surface area contributed by atoms with Crippen LogP contribution in [0.1, 0.15) is 34.1 Å². The lowest BCUT2D eigenvalue weighted by Gasteiger charge is -2.52. The quantitative estimate of drug-likeness (QED) is 0.828. The fraction of sp³-hybridized carbons (Fsp3) is 0.929. The molecule has 0 aromatic carbocycles. The minimum absolute atomic E-state index is 0.102. The molecule has 1 amide bonds. The second-order valence-corrected chi connectivity index (χ2v) is 6.60. The maximum atomic E-state index is 12.4. The van der Waals surface area contributed by atoms with Crippen molar-refractivity contribution >= 4 is 6.09 Å². The zero-order valence-electron chi connectivity index (χ0n) is 12.5. The first-order chi connectivity index (χ1) is 8.88. The average molecular weight is 270 g/mol. The summed E-state index contributed by atoms with van der Waals surface area (Å²) in [4.78, 5) is 14.3. The number of carbonyl (C=O) groups is 1. The number of hydrogen-bond acceptors (Lipinski definition) is 4.